The number of nitrogens with one attached hydrogen (secondary N) is 1. The predicted octanol–water partition coefficient (Wildman–Crippen LogP) is 1.69. The maximum Gasteiger partial charge on any atom is 0.269 e. The van der Waals surface area contributed by atoms with E-state index in [4.69, 9.17) is 17.3 Å². The number of halogens is 1. The zero-order valence-corrected chi connectivity index (χ0v) is 18.9. The third-order valence-electron chi connectivity index (χ3n) is 6.63. The van der Waals surface area contributed by atoms with Crippen LogP contribution in [0, 0.1) is 5.92 Å². The van der Waals surface area contributed by atoms with Crippen LogP contribution in [0.4, 0.5) is 5.82 Å². The minimum Gasteiger partial charge on any atom is -0.392 e. The zero-order chi connectivity index (χ0) is 24.0. The van der Waals surface area contributed by atoms with Gasteiger partial charge in [-0.05, 0) is 48.9 Å². The van der Waals surface area contributed by atoms with Crippen LogP contribution in [0.25, 0.3) is 10.9 Å². The van der Waals surface area contributed by atoms with E-state index in [0.29, 0.717) is 22.3 Å². The summed E-state index contributed by atoms with van der Waals surface area (Å²) < 4.78 is 1.41. The molecule has 1 aliphatic carbocycles. The minimum absolute atomic E-state index is 0.0361. The number of amides is 3. The molecule has 0 spiro atoms. The SMILES string of the molecule is NC(=O)c1nn(CC(=O)N2[C@@H]3CC[C@@H](C3)[C@H]2C(=O)Nc2cccc(Cl)n2)c2cc(CO)ccc12. The molecule has 3 amide bonds. The number of benzene rings is 1. The lowest BCUT2D eigenvalue weighted by Crippen LogP contribution is -2.52. The van der Waals surface area contributed by atoms with E-state index in [1.807, 2.05) is 0 Å². The van der Waals surface area contributed by atoms with Crippen molar-refractivity contribution in [3.8, 4) is 0 Å². The number of hydrogen-bond acceptors (Lipinski definition) is 6. The number of carbonyl (C=O) groups excluding carboxylic acids is 3. The first-order valence-electron chi connectivity index (χ1n) is 11.0. The zero-order valence-electron chi connectivity index (χ0n) is 18.1. The summed E-state index contributed by atoms with van der Waals surface area (Å²) in [6.07, 6.45) is 2.45. The van der Waals surface area contributed by atoms with E-state index in [1.54, 1.807) is 41.3 Å². The van der Waals surface area contributed by atoms with Gasteiger partial charge in [-0.25, -0.2) is 4.98 Å². The molecular weight excluding hydrogens is 460 g/mol. The molecule has 0 radical (unpaired) electrons. The number of fused-ring (bicyclic) bond motifs is 3. The van der Waals surface area contributed by atoms with Gasteiger partial charge in [-0.1, -0.05) is 29.8 Å². The summed E-state index contributed by atoms with van der Waals surface area (Å²) in [5, 5.41) is 17.3. The molecule has 2 bridgehead atoms. The van der Waals surface area contributed by atoms with Gasteiger partial charge in [0.2, 0.25) is 11.8 Å². The summed E-state index contributed by atoms with van der Waals surface area (Å²) in [4.78, 5) is 44.3. The molecule has 3 atom stereocenters. The van der Waals surface area contributed by atoms with Gasteiger partial charge in [-0.2, -0.15) is 5.10 Å². The largest absolute Gasteiger partial charge is 0.392 e. The van der Waals surface area contributed by atoms with E-state index in [0.717, 1.165) is 19.3 Å². The molecule has 34 heavy (non-hydrogen) atoms. The summed E-state index contributed by atoms with van der Waals surface area (Å²) in [7, 11) is 0. The van der Waals surface area contributed by atoms with Crippen molar-refractivity contribution in [3.63, 3.8) is 0 Å². The molecule has 176 valence electrons. The third-order valence-corrected chi connectivity index (χ3v) is 6.84. The molecule has 5 rings (SSSR count). The van der Waals surface area contributed by atoms with Crippen molar-refractivity contribution >= 4 is 46.0 Å². The second kappa shape index (κ2) is 8.69. The molecule has 2 aliphatic rings. The Labute approximate surface area is 199 Å². The molecule has 3 heterocycles. The molecule has 4 N–H and O–H groups in total. The Morgan fingerprint density at radius 1 is 1.21 bits per heavy atom. The number of pyridine rings is 1. The molecule has 10 nitrogen and oxygen atoms in total. The maximum atomic E-state index is 13.5. The fourth-order valence-corrected chi connectivity index (χ4v) is 5.36. The van der Waals surface area contributed by atoms with Crippen LogP contribution < -0.4 is 11.1 Å². The first kappa shape index (κ1) is 22.3. The summed E-state index contributed by atoms with van der Waals surface area (Å²) in [6, 6.07) is 9.28. The van der Waals surface area contributed by atoms with Gasteiger partial charge in [-0.15, -0.1) is 0 Å². The van der Waals surface area contributed by atoms with Gasteiger partial charge < -0.3 is 21.1 Å². The van der Waals surface area contributed by atoms with Crippen LogP contribution in [0.3, 0.4) is 0 Å². The predicted molar refractivity (Wildman–Crippen MR) is 124 cm³/mol. The van der Waals surface area contributed by atoms with E-state index in [1.165, 1.54) is 4.68 Å². The number of hydrogen-bond donors (Lipinski definition) is 3. The third kappa shape index (κ3) is 3.88. The van der Waals surface area contributed by atoms with Gasteiger partial charge >= 0.3 is 0 Å². The van der Waals surface area contributed by atoms with Crippen LogP contribution in [-0.4, -0.2) is 54.6 Å². The Bertz CT molecular complexity index is 1310. The Balaban J connectivity index is 1.43. The van der Waals surface area contributed by atoms with Crippen LogP contribution in [0.15, 0.2) is 36.4 Å². The number of aliphatic hydroxyl groups excluding tert-OH is 1. The van der Waals surface area contributed by atoms with Crippen molar-refractivity contribution in [2.75, 3.05) is 5.32 Å². The van der Waals surface area contributed by atoms with Crippen molar-refractivity contribution in [1.82, 2.24) is 19.7 Å². The smallest absolute Gasteiger partial charge is 0.269 e. The monoisotopic (exact) mass is 482 g/mol. The second-order valence-corrected chi connectivity index (χ2v) is 9.07. The number of nitrogens with zero attached hydrogens (tertiary/aromatic N) is 4. The maximum absolute atomic E-state index is 13.5. The van der Waals surface area contributed by atoms with Crippen molar-refractivity contribution < 1.29 is 19.5 Å². The lowest BCUT2D eigenvalue weighted by molar-refractivity contribution is -0.141. The Morgan fingerprint density at radius 3 is 2.76 bits per heavy atom. The molecule has 1 aromatic carbocycles. The highest BCUT2D eigenvalue weighted by Gasteiger charge is 2.51. The quantitative estimate of drug-likeness (QED) is 0.456. The number of aliphatic hydroxyl groups is 1. The summed E-state index contributed by atoms with van der Waals surface area (Å²) in [6.45, 7) is -0.363. The topological polar surface area (TPSA) is 143 Å². The molecule has 1 saturated carbocycles. The first-order chi connectivity index (χ1) is 16.4. The number of nitrogens with two attached hydrogens (primary N) is 1. The average Bonchev–Trinajstić information content (AvgIpc) is 3.52. The molecule has 1 aliphatic heterocycles. The van der Waals surface area contributed by atoms with Crippen molar-refractivity contribution in [2.45, 2.75) is 44.5 Å². The van der Waals surface area contributed by atoms with Gasteiger partial charge in [0.15, 0.2) is 5.69 Å². The Hall–Kier alpha value is -3.50. The number of aromatic nitrogens is 3. The average molecular weight is 483 g/mol. The first-order valence-corrected chi connectivity index (χ1v) is 11.4. The molecule has 0 unspecified atom stereocenters. The number of primary amides is 1. The van der Waals surface area contributed by atoms with Gasteiger partial charge in [0.05, 0.1) is 12.1 Å². The summed E-state index contributed by atoms with van der Waals surface area (Å²) in [5.74, 6) is -0.903. The van der Waals surface area contributed by atoms with Crippen LogP contribution in [0.5, 0.6) is 0 Å². The number of anilines is 1. The highest BCUT2D eigenvalue weighted by atomic mass is 35.5. The lowest BCUT2D eigenvalue weighted by Gasteiger charge is -2.34. The number of rotatable bonds is 6. The second-order valence-electron chi connectivity index (χ2n) is 8.69. The van der Waals surface area contributed by atoms with E-state index in [2.05, 4.69) is 15.4 Å². The van der Waals surface area contributed by atoms with Crippen LogP contribution in [-0.2, 0) is 22.7 Å². The molecular formula is C23H23ClN6O4. The number of carbonyl (C=O) groups is 3. The summed E-state index contributed by atoms with van der Waals surface area (Å²) in [5.41, 5.74) is 6.67. The molecule has 2 aromatic heterocycles. The van der Waals surface area contributed by atoms with E-state index < -0.39 is 11.9 Å². The van der Waals surface area contributed by atoms with Crippen molar-refractivity contribution in [3.05, 3.63) is 52.8 Å². The Morgan fingerprint density at radius 2 is 2.03 bits per heavy atom. The van der Waals surface area contributed by atoms with Gasteiger partial charge in [0.25, 0.3) is 5.91 Å². The van der Waals surface area contributed by atoms with Crippen molar-refractivity contribution in [2.24, 2.45) is 11.7 Å². The van der Waals surface area contributed by atoms with Gasteiger partial charge in [0.1, 0.15) is 23.6 Å². The molecule has 2 fully saturated rings. The number of piperidine rings is 1. The van der Waals surface area contributed by atoms with Crippen LogP contribution in [0.1, 0.15) is 35.3 Å². The normalized spacial score (nSPS) is 21.2. The van der Waals surface area contributed by atoms with Crippen molar-refractivity contribution in [1.29, 1.82) is 0 Å². The van der Waals surface area contributed by atoms with E-state index in [-0.39, 0.29) is 47.8 Å². The van der Waals surface area contributed by atoms with Crippen LogP contribution >= 0.6 is 11.6 Å². The number of likely N-dealkylation sites (tertiary alicyclic amines) is 1. The Kier molecular flexibility index (Phi) is 5.70. The van der Waals surface area contributed by atoms with Crippen LogP contribution in [0.2, 0.25) is 5.15 Å². The minimum atomic E-state index is -0.709. The fraction of sp³-hybridized carbons (Fsp3) is 0.348. The van der Waals surface area contributed by atoms with Gasteiger partial charge in [-0.3, -0.25) is 19.1 Å². The fourth-order valence-electron chi connectivity index (χ4n) is 5.19. The summed E-state index contributed by atoms with van der Waals surface area (Å²) >= 11 is 5.93. The molecule has 3 aromatic rings. The lowest BCUT2D eigenvalue weighted by atomic mass is 9.97. The van der Waals surface area contributed by atoms with E-state index >= 15 is 0 Å². The highest BCUT2D eigenvalue weighted by molar-refractivity contribution is 6.29. The van der Waals surface area contributed by atoms with E-state index in [9.17, 15) is 19.5 Å². The molecule has 11 heteroatoms. The molecule has 1 saturated heterocycles. The highest BCUT2D eigenvalue weighted by Crippen LogP contribution is 2.43. The van der Waals surface area contributed by atoms with Gasteiger partial charge in [0, 0.05) is 11.4 Å². The standard InChI is InChI=1S/C23H23ClN6O4/c24-17-2-1-3-18(26-17)27-23(34)21-13-5-6-14(9-13)30(21)19(32)10-29-16-8-12(11-31)4-7-15(16)20(28-29)22(25)33/h1-4,7-8,13-14,21,31H,5-6,9-11H2,(H2,25,33)(H,26,27,34)/t13-,14+,21-/m0/s1.